The minimum absolute atomic E-state index is 0.0162. The molecule has 2 aliphatic rings. The fourth-order valence-electron chi connectivity index (χ4n) is 2.04. The highest BCUT2D eigenvalue weighted by Crippen LogP contribution is 2.43. The Hall–Kier alpha value is -1.19. The number of hydrogen-bond donors (Lipinski definition) is 1. The molecule has 13 heavy (non-hydrogen) atoms. The Kier molecular flexibility index (Phi) is 1.71. The van der Waals surface area contributed by atoms with E-state index in [9.17, 15) is 9.90 Å². The number of esters is 1. The second kappa shape index (κ2) is 2.65. The molecule has 1 fully saturated rings. The van der Waals surface area contributed by atoms with Gasteiger partial charge in [-0.25, -0.2) is 4.79 Å². The summed E-state index contributed by atoms with van der Waals surface area (Å²) in [7, 11) is 1.36. The maximum Gasteiger partial charge on any atom is 0.378 e. The van der Waals surface area contributed by atoms with Crippen molar-refractivity contribution in [1.29, 1.82) is 0 Å². The second-order valence-electron chi connectivity index (χ2n) is 3.47. The summed E-state index contributed by atoms with van der Waals surface area (Å²) < 4.78 is 9.92. The van der Waals surface area contributed by atoms with Crippen LogP contribution in [0.2, 0.25) is 0 Å². The number of methoxy groups -OCH3 is 1. The van der Waals surface area contributed by atoms with E-state index in [0.717, 1.165) is 12.8 Å². The summed E-state index contributed by atoms with van der Waals surface area (Å²) in [5.74, 6) is -0.582. The normalized spacial score (nSPS) is 25.5. The zero-order valence-corrected chi connectivity index (χ0v) is 7.50. The van der Waals surface area contributed by atoms with E-state index in [1.54, 1.807) is 0 Å². The number of carbonyl (C=O) groups excluding carboxylic acids is 1. The monoisotopic (exact) mass is 184 g/mol. The Bertz CT molecular complexity index is 273. The molecule has 4 heteroatoms. The Labute approximate surface area is 76.1 Å². The van der Waals surface area contributed by atoms with Gasteiger partial charge in [0.25, 0.3) is 0 Å². The van der Waals surface area contributed by atoms with Gasteiger partial charge < -0.3 is 14.6 Å². The molecule has 1 N–H and O–H groups in total. The average Bonchev–Trinajstić information content (AvgIpc) is 2.62. The van der Waals surface area contributed by atoms with Gasteiger partial charge >= 0.3 is 5.97 Å². The van der Waals surface area contributed by atoms with E-state index in [1.807, 2.05) is 0 Å². The summed E-state index contributed by atoms with van der Waals surface area (Å²) in [6, 6.07) is 0. The minimum Gasteiger partial charge on any atom is -0.505 e. The number of aliphatic hydroxyl groups is 1. The summed E-state index contributed by atoms with van der Waals surface area (Å²) in [4.78, 5) is 11.2. The molecule has 2 rings (SSSR count). The van der Waals surface area contributed by atoms with Crippen LogP contribution in [-0.4, -0.2) is 23.8 Å². The third-order valence-electron chi connectivity index (χ3n) is 2.74. The van der Waals surface area contributed by atoms with Crippen LogP contribution in [0.1, 0.15) is 25.7 Å². The molecule has 1 aliphatic heterocycles. The van der Waals surface area contributed by atoms with Crippen LogP contribution in [0.4, 0.5) is 0 Å². The minimum atomic E-state index is -0.748. The fourth-order valence-corrected chi connectivity index (χ4v) is 2.04. The molecular formula is C9H12O4. The zero-order chi connectivity index (χ0) is 9.47. The van der Waals surface area contributed by atoms with Crippen molar-refractivity contribution >= 4 is 5.97 Å². The number of rotatable bonds is 1. The van der Waals surface area contributed by atoms with Crippen LogP contribution in [0.25, 0.3) is 0 Å². The first-order chi connectivity index (χ1) is 6.19. The van der Waals surface area contributed by atoms with Crippen molar-refractivity contribution in [2.75, 3.05) is 7.11 Å². The molecule has 0 atom stereocenters. The van der Waals surface area contributed by atoms with Gasteiger partial charge in [-0.15, -0.1) is 0 Å². The molecular weight excluding hydrogens is 172 g/mol. The van der Waals surface area contributed by atoms with Gasteiger partial charge in [-0.2, -0.15) is 0 Å². The van der Waals surface area contributed by atoms with Crippen LogP contribution in [0, 0.1) is 0 Å². The Morgan fingerprint density at radius 2 is 2.08 bits per heavy atom. The molecule has 4 nitrogen and oxygen atoms in total. The number of aliphatic hydroxyl groups excluding tert-OH is 1. The molecule has 1 heterocycles. The Balaban J connectivity index is 2.35. The molecule has 1 aliphatic carbocycles. The molecule has 0 aromatic rings. The molecule has 1 spiro atoms. The fraction of sp³-hybridized carbons (Fsp3) is 0.667. The third kappa shape index (κ3) is 1.01. The predicted molar refractivity (Wildman–Crippen MR) is 44.0 cm³/mol. The maximum atomic E-state index is 11.2. The topological polar surface area (TPSA) is 55.8 Å². The largest absolute Gasteiger partial charge is 0.505 e. The molecule has 1 saturated carbocycles. The van der Waals surface area contributed by atoms with Crippen LogP contribution in [-0.2, 0) is 14.3 Å². The van der Waals surface area contributed by atoms with E-state index < -0.39 is 11.6 Å². The van der Waals surface area contributed by atoms with Crippen molar-refractivity contribution in [3.63, 3.8) is 0 Å². The lowest BCUT2D eigenvalue weighted by Gasteiger charge is -2.20. The van der Waals surface area contributed by atoms with E-state index >= 15 is 0 Å². The van der Waals surface area contributed by atoms with Gasteiger partial charge in [0.15, 0.2) is 11.4 Å². The Morgan fingerprint density at radius 3 is 2.54 bits per heavy atom. The van der Waals surface area contributed by atoms with Crippen molar-refractivity contribution in [2.24, 2.45) is 0 Å². The quantitative estimate of drug-likeness (QED) is 0.623. The van der Waals surface area contributed by atoms with Gasteiger partial charge in [0.05, 0.1) is 7.11 Å². The summed E-state index contributed by atoms with van der Waals surface area (Å²) >= 11 is 0. The van der Waals surface area contributed by atoms with Crippen molar-refractivity contribution in [1.82, 2.24) is 0 Å². The first-order valence-electron chi connectivity index (χ1n) is 4.41. The average molecular weight is 184 g/mol. The summed E-state index contributed by atoms with van der Waals surface area (Å²) in [6.45, 7) is 0. The van der Waals surface area contributed by atoms with Crippen molar-refractivity contribution in [3.05, 3.63) is 11.5 Å². The van der Waals surface area contributed by atoms with E-state index in [4.69, 9.17) is 9.47 Å². The SMILES string of the molecule is COC1=C(O)C2(CCCC2)OC1=O. The van der Waals surface area contributed by atoms with Gasteiger partial charge in [0.1, 0.15) is 0 Å². The zero-order valence-electron chi connectivity index (χ0n) is 7.50. The van der Waals surface area contributed by atoms with E-state index in [-0.39, 0.29) is 11.5 Å². The smallest absolute Gasteiger partial charge is 0.378 e. The van der Waals surface area contributed by atoms with Crippen molar-refractivity contribution < 1.29 is 19.4 Å². The number of carbonyl (C=O) groups is 1. The number of hydrogen-bond acceptors (Lipinski definition) is 4. The van der Waals surface area contributed by atoms with Gasteiger partial charge in [-0.3, -0.25) is 0 Å². The van der Waals surface area contributed by atoms with Gasteiger partial charge in [0, 0.05) is 0 Å². The third-order valence-corrected chi connectivity index (χ3v) is 2.74. The molecule has 0 radical (unpaired) electrons. The highest BCUT2D eigenvalue weighted by atomic mass is 16.6. The lowest BCUT2D eigenvalue weighted by atomic mass is 10.0. The highest BCUT2D eigenvalue weighted by molar-refractivity contribution is 5.90. The standard InChI is InChI=1S/C9H12O4/c1-12-6-7(10)9(13-8(6)11)4-2-3-5-9/h10H,2-5H2,1H3. The molecule has 0 amide bonds. The molecule has 0 bridgehead atoms. The lowest BCUT2D eigenvalue weighted by Crippen LogP contribution is -2.27. The lowest BCUT2D eigenvalue weighted by molar-refractivity contribution is -0.149. The predicted octanol–water partition coefficient (Wildman–Crippen LogP) is 1.27. The van der Waals surface area contributed by atoms with E-state index in [0.29, 0.717) is 12.8 Å². The molecule has 0 unspecified atom stereocenters. The Morgan fingerprint density at radius 1 is 1.46 bits per heavy atom. The van der Waals surface area contributed by atoms with Gasteiger partial charge in [-0.1, -0.05) is 0 Å². The van der Waals surface area contributed by atoms with Crippen LogP contribution in [0.15, 0.2) is 11.5 Å². The number of ether oxygens (including phenoxy) is 2. The van der Waals surface area contributed by atoms with Crippen LogP contribution in [0.5, 0.6) is 0 Å². The van der Waals surface area contributed by atoms with Crippen LogP contribution in [0.3, 0.4) is 0 Å². The van der Waals surface area contributed by atoms with Gasteiger partial charge in [-0.05, 0) is 25.7 Å². The highest BCUT2D eigenvalue weighted by Gasteiger charge is 2.50. The molecule has 72 valence electrons. The first kappa shape index (κ1) is 8.41. The van der Waals surface area contributed by atoms with Gasteiger partial charge in [0.2, 0.25) is 5.76 Å². The second-order valence-corrected chi connectivity index (χ2v) is 3.47. The molecule has 0 aromatic heterocycles. The van der Waals surface area contributed by atoms with Crippen LogP contribution < -0.4 is 0 Å². The molecule has 0 saturated heterocycles. The van der Waals surface area contributed by atoms with Crippen molar-refractivity contribution in [3.8, 4) is 0 Å². The van der Waals surface area contributed by atoms with Crippen LogP contribution >= 0.6 is 0 Å². The first-order valence-corrected chi connectivity index (χ1v) is 4.41. The van der Waals surface area contributed by atoms with E-state index in [1.165, 1.54) is 7.11 Å². The molecule has 0 aromatic carbocycles. The summed E-state index contributed by atoms with van der Waals surface area (Å²) in [5.41, 5.74) is -0.748. The summed E-state index contributed by atoms with van der Waals surface area (Å²) in [6.07, 6.45) is 3.37. The van der Waals surface area contributed by atoms with E-state index in [2.05, 4.69) is 0 Å². The maximum absolute atomic E-state index is 11.2. The summed E-state index contributed by atoms with van der Waals surface area (Å²) in [5, 5.41) is 9.72. The van der Waals surface area contributed by atoms with Crippen molar-refractivity contribution in [2.45, 2.75) is 31.3 Å².